The number of carbonyl (C=O) groups is 2. The molecule has 0 unspecified atom stereocenters. The lowest BCUT2D eigenvalue weighted by molar-refractivity contribution is 0.260. The van der Waals surface area contributed by atoms with Crippen molar-refractivity contribution >= 4 is 43.9 Å². The van der Waals surface area contributed by atoms with Gasteiger partial charge in [0.15, 0.2) is 0 Å². The van der Waals surface area contributed by atoms with Crippen LogP contribution in [0.1, 0.15) is 0 Å². The third-order valence-corrected chi connectivity index (χ3v) is 1.93. The van der Waals surface area contributed by atoms with Gasteiger partial charge in [0.1, 0.15) is 0 Å². The molecule has 0 rings (SSSR count). The van der Waals surface area contributed by atoms with Gasteiger partial charge in [0.25, 0.3) is 0 Å². The highest BCUT2D eigenvalue weighted by atomic mass is 35.5. The van der Waals surface area contributed by atoms with E-state index in [-0.39, 0.29) is 0 Å². The van der Waals surface area contributed by atoms with Crippen molar-refractivity contribution < 1.29 is 18.0 Å². The van der Waals surface area contributed by atoms with Gasteiger partial charge in [-0.15, -0.1) is 0 Å². The number of hydrogen-bond donors (Lipinski definition) is 0. The first-order valence-electron chi connectivity index (χ1n) is 2.34. The Balaban J connectivity index is 5.00. The number of halogens is 2. The van der Waals surface area contributed by atoms with E-state index in [1.54, 1.807) is 0 Å². The highest BCUT2D eigenvalue weighted by Gasteiger charge is 2.32. The van der Waals surface area contributed by atoms with Crippen LogP contribution in [-0.2, 0) is 9.84 Å². The second-order valence-corrected chi connectivity index (χ2v) is 3.39. The minimum absolute atomic E-state index is 1.84. The van der Waals surface area contributed by atoms with Crippen LogP contribution >= 0.6 is 23.6 Å². The molecule has 0 heterocycles. The Morgan fingerprint density at radius 1 is 0.923 bits per heavy atom. The number of nitrogens with zero attached hydrogens (tertiary/aromatic N) is 4. The summed E-state index contributed by atoms with van der Waals surface area (Å²) in [5.41, 5.74) is 0. The van der Waals surface area contributed by atoms with Crippen LogP contribution in [0.25, 0.3) is 0 Å². The average molecular weight is 247 g/mol. The molecule has 72 valence electrons. The molecule has 0 aliphatic carbocycles. The van der Waals surface area contributed by atoms with Crippen molar-refractivity contribution in [2.75, 3.05) is 0 Å². The summed E-state index contributed by atoms with van der Waals surface area (Å²) < 4.78 is 26.1. The number of hydrogen-bond acceptors (Lipinski definition) is 6. The molecule has 0 spiro atoms. The second-order valence-electron chi connectivity index (χ2n) is 1.39. The fourth-order valence-electron chi connectivity index (χ4n) is 0.244. The predicted molar refractivity (Wildman–Crippen MR) is 41.1 cm³/mol. The van der Waals surface area contributed by atoms with Crippen LogP contribution < -0.4 is 0 Å². The third kappa shape index (κ3) is 3.13. The fraction of sp³-hybridized carbons (Fsp3) is 0. The fourth-order valence-corrected chi connectivity index (χ4v) is 0.917. The topological polar surface area (TPSA) is 118 Å². The molecule has 11 heteroatoms. The number of sulfone groups is 1. The van der Waals surface area contributed by atoms with E-state index in [0.717, 1.165) is 0 Å². The smallest absolute Gasteiger partial charge is 0.251 e. The first kappa shape index (κ1) is 12.1. The Bertz CT molecular complexity index is 342. The van der Waals surface area contributed by atoms with E-state index in [1.165, 1.54) is 0 Å². The zero-order valence-corrected chi connectivity index (χ0v) is 7.91. The Labute approximate surface area is 81.8 Å². The molecular weight excluding hydrogens is 247 g/mol. The lowest BCUT2D eigenvalue weighted by atomic mass is 11.4. The van der Waals surface area contributed by atoms with Crippen molar-refractivity contribution in [3.05, 3.63) is 0 Å². The SMILES string of the molecule is O=C(N=NCl)S(=O)(=O)C(=O)N=NCl. The quantitative estimate of drug-likeness (QED) is 0.606. The largest absolute Gasteiger partial charge is 0.391 e. The molecule has 13 heavy (non-hydrogen) atoms. The van der Waals surface area contributed by atoms with E-state index in [4.69, 9.17) is 0 Å². The van der Waals surface area contributed by atoms with Crippen LogP contribution in [0, 0.1) is 0 Å². The van der Waals surface area contributed by atoms with Gasteiger partial charge in [0.2, 0.25) is 0 Å². The molecule has 0 N–H and O–H groups in total. The van der Waals surface area contributed by atoms with Gasteiger partial charge >= 0.3 is 20.3 Å². The maximum Gasteiger partial charge on any atom is 0.391 e. The molecular formula is C2Cl2N4O4S. The van der Waals surface area contributed by atoms with Crippen LogP contribution in [0.4, 0.5) is 9.59 Å². The summed E-state index contributed by atoms with van der Waals surface area (Å²) in [4.78, 5) is 21.0. The first-order valence-corrected chi connectivity index (χ1v) is 4.49. The first-order chi connectivity index (χ1) is 5.96. The van der Waals surface area contributed by atoms with Gasteiger partial charge in [-0.05, 0) is 0 Å². The molecule has 0 aliphatic rings. The minimum Gasteiger partial charge on any atom is -0.251 e. The molecule has 0 aliphatic heterocycles. The minimum atomic E-state index is -4.83. The van der Waals surface area contributed by atoms with Gasteiger partial charge in [-0.1, -0.05) is 19.5 Å². The highest BCUT2D eigenvalue weighted by molar-refractivity contribution is 8.18. The van der Waals surface area contributed by atoms with Crippen LogP contribution in [0.5, 0.6) is 0 Å². The standard InChI is InChI=1S/C2Cl2N4O4S/c3-7-5-1(9)13(11,12)2(10)6-8-4. The summed E-state index contributed by atoms with van der Waals surface area (Å²) in [6.45, 7) is 0. The van der Waals surface area contributed by atoms with Gasteiger partial charge in [0.05, 0.1) is 23.6 Å². The van der Waals surface area contributed by atoms with Gasteiger partial charge in [-0.2, -0.15) is 0 Å². The van der Waals surface area contributed by atoms with Crippen LogP contribution in [0.15, 0.2) is 19.5 Å². The number of rotatable bonds is 0. The molecule has 0 saturated heterocycles. The summed E-state index contributed by atoms with van der Waals surface area (Å²) in [6, 6.07) is 0. The Morgan fingerprint density at radius 3 is 1.46 bits per heavy atom. The Hall–Kier alpha value is -0.930. The van der Waals surface area contributed by atoms with Crippen molar-refractivity contribution in [3.63, 3.8) is 0 Å². The normalized spacial score (nSPS) is 12.5. The van der Waals surface area contributed by atoms with Crippen molar-refractivity contribution in [1.29, 1.82) is 0 Å². The summed E-state index contributed by atoms with van der Waals surface area (Å²) in [5.74, 6) is 0. The Kier molecular flexibility index (Phi) is 4.59. The van der Waals surface area contributed by atoms with E-state index in [1.807, 2.05) is 0 Å². The summed E-state index contributed by atoms with van der Waals surface area (Å²) in [7, 11) is -4.83. The lowest BCUT2D eigenvalue weighted by Crippen LogP contribution is -2.17. The van der Waals surface area contributed by atoms with Crippen molar-refractivity contribution in [2.24, 2.45) is 19.5 Å². The lowest BCUT2D eigenvalue weighted by Gasteiger charge is -1.88. The number of amides is 2. The van der Waals surface area contributed by atoms with Crippen LogP contribution in [0.3, 0.4) is 0 Å². The summed E-state index contributed by atoms with van der Waals surface area (Å²) >= 11 is 9.13. The average Bonchev–Trinajstić information content (AvgIpc) is 2.05. The molecule has 0 radical (unpaired) electrons. The highest BCUT2D eigenvalue weighted by Crippen LogP contribution is 2.03. The molecule has 0 aromatic rings. The Morgan fingerprint density at radius 2 is 1.23 bits per heavy atom. The third-order valence-electron chi connectivity index (χ3n) is 0.699. The molecule has 0 atom stereocenters. The van der Waals surface area contributed by atoms with Crippen molar-refractivity contribution in [3.8, 4) is 0 Å². The second kappa shape index (κ2) is 4.94. The molecule has 0 saturated carbocycles. The van der Waals surface area contributed by atoms with Gasteiger partial charge in [-0.3, -0.25) is 9.59 Å². The number of carbonyl (C=O) groups excluding carboxylic acids is 2. The molecule has 2 amide bonds. The van der Waals surface area contributed by atoms with Gasteiger partial charge in [-0.25, -0.2) is 8.42 Å². The monoisotopic (exact) mass is 246 g/mol. The van der Waals surface area contributed by atoms with Crippen LogP contribution in [-0.4, -0.2) is 18.9 Å². The summed E-state index contributed by atoms with van der Waals surface area (Å²) in [6.07, 6.45) is 0. The van der Waals surface area contributed by atoms with E-state index in [0.29, 0.717) is 0 Å². The van der Waals surface area contributed by atoms with E-state index >= 15 is 0 Å². The molecule has 8 nitrogen and oxygen atoms in total. The zero-order valence-electron chi connectivity index (χ0n) is 5.59. The molecule has 0 fully saturated rings. The van der Waals surface area contributed by atoms with Crippen LogP contribution in [0.2, 0.25) is 0 Å². The molecule has 0 aromatic carbocycles. The molecule has 0 aromatic heterocycles. The van der Waals surface area contributed by atoms with E-state index in [9.17, 15) is 18.0 Å². The van der Waals surface area contributed by atoms with E-state index < -0.39 is 20.3 Å². The van der Waals surface area contributed by atoms with Crippen molar-refractivity contribution in [2.45, 2.75) is 0 Å². The van der Waals surface area contributed by atoms with Gasteiger partial charge in [0, 0.05) is 0 Å². The summed E-state index contributed by atoms with van der Waals surface area (Å²) in [5, 5.41) is 1.12. The maximum absolute atomic E-state index is 10.7. The van der Waals surface area contributed by atoms with Crippen molar-refractivity contribution in [1.82, 2.24) is 0 Å². The van der Waals surface area contributed by atoms with Gasteiger partial charge < -0.3 is 0 Å². The zero-order chi connectivity index (χ0) is 10.5. The maximum atomic E-state index is 10.7. The van der Waals surface area contributed by atoms with E-state index in [2.05, 4.69) is 43.0 Å². The molecule has 0 bridgehead atoms. The predicted octanol–water partition coefficient (Wildman–Crippen LogP) is 1.85.